The van der Waals surface area contributed by atoms with Gasteiger partial charge in [0.15, 0.2) is 17.3 Å². The number of hydrogen-bond acceptors (Lipinski definition) is 10. The van der Waals surface area contributed by atoms with Crippen molar-refractivity contribution in [2.75, 3.05) is 6.61 Å². The van der Waals surface area contributed by atoms with Gasteiger partial charge in [0.25, 0.3) is 0 Å². The van der Waals surface area contributed by atoms with Crippen LogP contribution in [0.2, 0.25) is 0 Å². The number of ether oxygens (including phenoxy) is 4. The van der Waals surface area contributed by atoms with Gasteiger partial charge in [-0.1, -0.05) is 11.8 Å². The second-order valence-electron chi connectivity index (χ2n) is 5.28. The van der Waals surface area contributed by atoms with Gasteiger partial charge < -0.3 is 18.9 Å². The summed E-state index contributed by atoms with van der Waals surface area (Å²) in [6, 6.07) is -0.890. The number of aliphatic imine (C=N–C) groups is 1. The zero-order valence-electron chi connectivity index (χ0n) is 14.4. The van der Waals surface area contributed by atoms with E-state index >= 15 is 0 Å². The van der Waals surface area contributed by atoms with Crippen LogP contribution in [0.5, 0.6) is 0 Å². The molecule has 0 bridgehead atoms. The van der Waals surface area contributed by atoms with E-state index in [9.17, 15) is 19.2 Å². The number of hydrogen-bond donors (Lipinski definition) is 0. The van der Waals surface area contributed by atoms with Crippen molar-refractivity contribution in [1.29, 1.82) is 0 Å². The highest BCUT2D eigenvalue weighted by molar-refractivity contribution is 8.14. The summed E-state index contributed by atoms with van der Waals surface area (Å²) in [5.41, 5.74) is -0.913. The van der Waals surface area contributed by atoms with Gasteiger partial charge in [-0.15, -0.1) is 0 Å². The van der Waals surface area contributed by atoms with Gasteiger partial charge in [0.2, 0.25) is 0 Å². The fraction of sp³-hybridized carbons (Fsp3) is 0.667. The molecule has 1 rings (SSSR count). The lowest BCUT2D eigenvalue weighted by molar-refractivity contribution is -0.200. The van der Waals surface area contributed by atoms with Gasteiger partial charge in [0, 0.05) is 27.7 Å². The molecular weight excluding hydrogens is 354 g/mol. The Kier molecular flexibility index (Phi) is 8.04. The number of carbonyl (C=O) groups excluding carboxylic acids is 4. The molecular formula is C15H21NO8S. The Balaban J connectivity index is 3.16. The highest BCUT2D eigenvalue weighted by Gasteiger charge is 2.50. The standard InChI is InChI=1S/C15H21NO8S/c1-7(17)21-6-11-13(22-8(2)18)12(16-5)14(23-9(3)19)15(24-11)25-10(4)20/h11-15H,5-6H2,1-4H3/t11?,12?,13-,14?,15+/m0/s1. The van der Waals surface area contributed by atoms with E-state index in [1.54, 1.807) is 0 Å². The first-order chi connectivity index (χ1) is 11.6. The van der Waals surface area contributed by atoms with Crippen LogP contribution in [0.15, 0.2) is 4.99 Å². The van der Waals surface area contributed by atoms with E-state index in [0.717, 1.165) is 11.8 Å². The van der Waals surface area contributed by atoms with Crippen LogP contribution in [-0.2, 0) is 38.1 Å². The minimum atomic E-state index is -0.998. The van der Waals surface area contributed by atoms with Crippen molar-refractivity contribution >= 4 is 41.5 Å². The summed E-state index contributed by atoms with van der Waals surface area (Å²) in [5, 5.41) is -0.276. The summed E-state index contributed by atoms with van der Waals surface area (Å²) in [5.74, 6) is -1.78. The van der Waals surface area contributed by atoms with E-state index in [-0.39, 0.29) is 11.7 Å². The normalized spacial score (nSPS) is 28.6. The predicted molar refractivity (Wildman–Crippen MR) is 88.0 cm³/mol. The zero-order chi connectivity index (χ0) is 19.1. The third-order valence-electron chi connectivity index (χ3n) is 3.16. The van der Waals surface area contributed by atoms with Gasteiger partial charge in [-0.2, -0.15) is 0 Å². The Bertz CT molecular complexity index is 552. The van der Waals surface area contributed by atoms with Crippen LogP contribution in [0.4, 0.5) is 0 Å². The fourth-order valence-corrected chi connectivity index (χ4v) is 3.23. The first-order valence-electron chi connectivity index (χ1n) is 7.42. The van der Waals surface area contributed by atoms with Crippen molar-refractivity contribution in [3.63, 3.8) is 0 Å². The van der Waals surface area contributed by atoms with Gasteiger partial charge in [0.05, 0.1) is 0 Å². The molecule has 0 amide bonds. The monoisotopic (exact) mass is 375 g/mol. The van der Waals surface area contributed by atoms with Crippen molar-refractivity contribution in [3.8, 4) is 0 Å². The Labute approximate surface area is 149 Å². The molecule has 0 aromatic rings. The molecule has 1 saturated heterocycles. The number of rotatable bonds is 6. The summed E-state index contributed by atoms with van der Waals surface area (Å²) in [7, 11) is 0. The lowest BCUT2D eigenvalue weighted by Gasteiger charge is -2.43. The molecule has 0 aromatic carbocycles. The maximum absolute atomic E-state index is 11.5. The molecule has 3 unspecified atom stereocenters. The molecule has 0 N–H and O–H groups in total. The van der Waals surface area contributed by atoms with Crippen molar-refractivity contribution < 1.29 is 38.1 Å². The minimum Gasteiger partial charge on any atom is -0.463 e. The SMILES string of the molecule is C=NC1C(OC(C)=O)[C@@H](SC(C)=O)OC(COC(C)=O)[C@@H]1OC(C)=O. The summed E-state index contributed by atoms with van der Waals surface area (Å²) < 4.78 is 21.1. The molecule has 10 heteroatoms. The Morgan fingerprint density at radius 2 is 1.56 bits per heavy atom. The van der Waals surface area contributed by atoms with Crippen molar-refractivity contribution in [2.45, 2.75) is 57.5 Å². The molecule has 0 aliphatic carbocycles. The number of esters is 3. The summed E-state index contributed by atoms with van der Waals surface area (Å²) in [6.45, 7) is 8.17. The maximum atomic E-state index is 11.5. The van der Waals surface area contributed by atoms with Crippen molar-refractivity contribution in [3.05, 3.63) is 0 Å². The summed E-state index contributed by atoms with van der Waals surface area (Å²) >= 11 is 0.796. The predicted octanol–water partition coefficient (Wildman–Crippen LogP) is 0.487. The first kappa shape index (κ1) is 21.1. The van der Waals surface area contributed by atoms with Crippen LogP contribution >= 0.6 is 11.8 Å². The van der Waals surface area contributed by atoms with Gasteiger partial charge in [-0.05, 0) is 6.72 Å². The molecule has 1 aliphatic heterocycles. The van der Waals surface area contributed by atoms with E-state index < -0.39 is 47.7 Å². The van der Waals surface area contributed by atoms with E-state index in [1.807, 2.05) is 0 Å². The van der Waals surface area contributed by atoms with E-state index in [2.05, 4.69) is 11.7 Å². The molecule has 25 heavy (non-hydrogen) atoms. The number of thioether (sulfide) groups is 1. The molecule has 1 aliphatic rings. The second kappa shape index (κ2) is 9.52. The molecule has 0 aromatic heterocycles. The smallest absolute Gasteiger partial charge is 0.303 e. The van der Waals surface area contributed by atoms with E-state index in [4.69, 9.17) is 18.9 Å². The topological polar surface area (TPSA) is 118 Å². The third kappa shape index (κ3) is 6.46. The molecule has 0 radical (unpaired) electrons. The van der Waals surface area contributed by atoms with Crippen molar-refractivity contribution in [1.82, 2.24) is 0 Å². The minimum absolute atomic E-state index is 0.221. The van der Waals surface area contributed by atoms with E-state index in [0.29, 0.717) is 0 Å². The van der Waals surface area contributed by atoms with Crippen LogP contribution in [0.3, 0.4) is 0 Å². The van der Waals surface area contributed by atoms with Gasteiger partial charge in [-0.3, -0.25) is 24.2 Å². The molecule has 5 atom stereocenters. The summed E-state index contributed by atoms with van der Waals surface area (Å²) in [4.78, 5) is 49.3. The van der Waals surface area contributed by atoms with Gasteiger partial charge in [0.1, 0.15) is 24.2 Å². The molecule has 140 valence electrons. The van der Waals surface area contributed by atoms with Crippen LogP contribution in [-0.4, -0.2) is 66.1 Å². The lowest BCUT2D eigenvalue weighted by Crippen LogP contribution is -2.59. The molecule has 0 spiro atoms. The summed E-state index contributed by atoms with van der Waals surface area (Å²) in [6.07, 6.45) is -2.89. The maximum Gasteiger partial charge on any atom is 0.303 e. The van der Waals surface area contributed by atoms with Crippen LogP contribution < -0.4 is 0 Å². The Morgan fingerprint density at radius 3 is 2.00 bits per heavy atom. The van der Waals surface area contributed by atoms with Crippen LogP contribution in [0.25, 0.3) is 0 Å². The first-order valence-corrected chi connectivity index (χ1v) is 8.30. The van der Waals surface area contributed by atoms with E-state index in [1.165, 1.54) is 27.7 Å². The number of nitrogens with zero attached hydrogens (tertiary/aromatic N) is 1. The largest absolute Gasteiger partial charge is 0.463 e. The highest BCUT2D eigenvalue weighted by atomic mass is 32.2. The quantitative estimate of drug-likeness (QED) is 0.371. The average molecular weight is 375 g/mol. The Hall–Kier alpha value is -1.94. The molecule has 0 saturated carbocycles. The zero-order valence-corrected chi connectivity index (χ0v) is 15.2. The molecule has 9 nitrogen and oxygen atoms in total. The third-order valence-corrected chi connectivity index (χ3v) is 4.11. The van der Waals surface area contributed by atoms with Gasteiger partial charge in [-0.25, -0.2) is 0 Å². The van der Waals surface area contributed by atoms with Crippen molar-refractivity contribution in [2.24, 2.45) is 4.99 Å². The Morgan fingerprint density at radius 1 is 1.00 bits per heavy atom. The number of carbonyl (C=O) groups is 4. The lowest BCUT2D eigenvalue weighted by atomic mass is 9.97. The molecule has 1 fully saturated rings. The van der Waals surface area contributed by atoms with Gasteiger partial charge >= 0.3 is 17.9 Å². The second-order valence-corrected chi connectivity index (χ2v) is 6.55. The van der Waals surface area contributed by atoms with Crippen LogP contribution in [0, 0.1) is 0 Å². The average Bonchev–Trinajstić information content (AvgIpc) is 2.46. The molecule has 1 heterocycles. The highest BCUT2D eigenvalue weighted by Crippen LogP contribution is 2.34. The van der Waals surface area contributed by atoms with Crippen LogP contribution in [0.1, 0.15) is 27.7 Å². The fourth-order valence-electron chi connectivity index (χ4n) is 2.35.